The average molecular weight is 426 g/mol. The van der Waals surface area contributed by atoms with Crippen molar-refractivity contribution in [1.82, 2.24) is 15.4 Å². The molecule has 29 heavy (non-hydrogen) atoms. The van der Waals surface area contributed by atoms with Crippen LogP contribution in [0.1, 0.15) is 37.4 Å². The molecule has 0 aliphatic rings. The Kier molecular flexibility index (Phi) is 10.6. The van der Waals surface area contributed by atoms with Gasteiger partial charge in [-0.3, -0.25) is 10.0 Å². The Bertz CT molecular complexity index is 791. The van der Waals surface area contributed by atoms with E-state index < -0.39 is 5.91 Å². The van der Waals surface area contributed by atoms with Crippen molar-refractivity contribution in [3.63, 3.8) is 0 Å². The summed E-state index contributed by atoms with van der Waals surface area (Å²) in [5, 5.41) is 8.59. The Morgan fingerprint density at radius 1 is 1.14 bits per heavy atom. The summed E-state index contributed by atoms with van der Waals surface area (Å²) in [6.45, 7) is 2.93. The number of rotatable bonds is 11. The number of benzene rings is 1. The van der Waals surface area contributed by atoms with Gasteiger partial charge in [0, 0.05) is 6.42 Å². The van der Waals surface area contributed by atoms with Gasteiger partial charge < -0.3 is 20.9 Å². The summed E-state index contributed by atoms with van der Waals surface area (Å²) in [4.78, 5) is 19.3. The van der Waals surface area contributed by atoms with Gasteiger partial charge in [0.25, 0.3) is 0 Å². The normalized spacial score (nSPS) is 10.1. The molecule has 0 saturated carbocycles. The van der Waals surface area contributed by atoms with Crippen LogP contribution in [0.2, 0.25) is 0 Å². The minimum absolute atomic E-state index is 0. The Morgan fingerprint density at radius 2 is 1.83 bits per heavy atom. The second-order valence-corrected chi connectivity index (χ2v) is 6.14. The minimum Gasteiger partial charge on any atom is -0.493 e. The van der Waals surface area contributed by atoms with Crippen molar-refractivity contribution in [3.05, 3.63) is 35.5 Å². The molecule has 0 aliphatic carbocycles. The summed E-state index contributed by atoms with van der Waals surface area (Å²) < 4.78 is 11.6. The van der Waals surface area contributed by atoms with Crippen molar-refractivity contribution in [1.29, 1.82) is 0 Å². The van der Waals surface area contributed by atoms with Gasteiger partial charge in [-0.1, -0.05) is 25.1 Å². The number of nitrogens with one attached hydrogen (secondary N) is 1. The van der Waals surface area contributed by atoms with E-state index >= 15 is 0 Å². The van der Waals surface area contributed by atoms with Crippen LogP contribution in [0.4, 0.5) is 11.8 Å². The smallest absolute Gasteiger partial charge is 0.243 e. The Hall–Kier alpha value is -2.78. The summed E-state index contributed by atoms with van der Waals surface area (Å²) in [7, 11) is 0. The van der Waals surface area contributed by atoms with E-state index in [2.05, 4.69) is 9.97 Å². The maximum Gasteiger partial charge on any atom is 0.243 e. The molecule has 0 unspecified atom stereocenters. The molecular weight excluding hydrogens is 398 g/mol. The zero-order valence-corrected chi connectivity index (χ0v) is 17.2. The van der Waals surface area contributed by atoms with Crippen molar-refractivity contribution in [2.45, 2.75) is 39.0 Å². The number of carbonyl (C=O) groups is 1. The molecule has 0 saturated heterocycles. The first kappa shape index (κ1) is 24.3. The van der Waals surface area contributed by atoms with Crippen molar-refractivity contribution < 1.29 is 19.5 Å². The van der Waals surface area contributed by atoms with Gasteiger partial charge in [0.05, 0.1) is 18.9 Å². The van der Waals surface area contributed by atoms with Crippen molar-refractivity contribution in [2.75, 3.05) is 24.7 Å². The highest BCUT2D eigenvalue weighted by Crippen LogP contribution is 2.25. The van der Waals surface area contributed by atoms with Gasteiger partial charge in [-0.15, -0.1) is 12.4 Å². The second-order valence-electron chi connectivity index (χ2n) is 6.14. The fourth-order valence-electron chi connectivity index (χ4n) is 2.65. The van der Waals surface area contributed by atoms with E-state index in [0.717, 1.165) is 24.2 Å². The maximum absolute atomic E-state index is 11.2. The number of unbranched alkanes of at least 4 members (excludes halogenated alkanes) is 1. The third kappa shape index (κ3) is 7.63. The molecule has 0 radical (unpaired) electrons. The van der Waals surface area contributed by atoms with Crippen LogP contribution in [0.5, 0.6) is 11.5 Å². The second kappa shape index (κ2) is 12.6. The lowest BCUT2D eigenvalue weighted by Gasteiger charge is -2.13. The number of hydroxylamine groups is 1. The zero-order valence-electron chi connectivity index (χ0n) is 16.4. The molecule has 2 aromatic rings. The monoisotopic (exact) mass is 425 g/mol. The number of hydrogen-bond donors (Lipinski definition) is 4. The summed E-state index contributed by atoms with van der Waals surface area (Å²) in [6, 6.07) is 7.53. The first-order valence-electron chi connectivity index (χ1n) is 9.23. The molecular formula is C19H28ClN5O4. The summed E-state index contributed by atoms with van der Waals surface area (Å²) in [5.74, 6) is 1.19. The highest BCUT2D eigenvalue weighted by atomic mass is 35.5. The molecule has 0 fully saturated rings. The van der Waals surface area contributed by atoms with E-state index in [0.29, 0.717) is 37.5 Å². The maximum atomic E-state index is 11.2. The fraction of sp³-hybridized carbons (Fsp3) is 0.421. The molecule has 0 aliphatic heterocycles. The number of hydrogen-bond acceptors (Lipinski definition) is 8. The predicted molar refractivity (Wildman–Crippen MR) is 112 cm³/mol. The molecule has 1 heterocycles. The van der Waals surface area contributed by atoms with E-state index in [1.54, 1.807) is 5.48 Å². The van der Waals surface area contributed by atoms with Crippen LogP contribution < -0.4 is 26.4 Å². The number of aromatic nitrogens is 2. The third-order valence-corrected chi connectivity index (χ3v) is 4.08. The lowest BCUT2D eigenvalue weighted by Crippen LogP contribution is -2.18. The first-order valence-corrected chi connectivity index (χ1v) is 9.23. The van der Waals surface area contributed by atoms with Gasteiger partial charge in [0.2, 0.25) is 11.9 Å². The molecule has 2 rings (SSSR count). The molecule has 160 valence electrons. The lowest BCUT2D eigenvalue weighted by atomic mass is 10.1. The zero-order chi connectivity index (χ0) is 20.4. The lowest BCUT2D eigenvalue weighted by molar-refractivity contribution is -0.129. The average Bonchev–Trinajstić information content (AvgIpc) is 2.70. The Morgan fingerprint density at radius 3 is 2.52 bits per heavy atom. The van der Waals surface area contributed by atoms with Gasteiger partial charge in [-0.25, -0.2) is 10.5 Å². The number of nitrogens with two attached hydrogens (primary N) is 2. The number of anilines is 2. The quantitative estimate of drug-likeness (QED) is 0.243. The van der Waals surface area contributed by atoms with E-state index in [-0.39, 0.29) is 30.6 Å². The Balaban J connectivity index is 0.00000420. The summed E-state index contributed by atoms with van der Waals surface area (Å²) in [5.41, 5.74) is 14.7. The van der Waals surface area contributed by atoms with Crippen molar-refractivity contribution >= 4 is 30.1 Å². The van der Waals surface area contributed by atoms with Gasteiger partial charge in [0.15, 0.2) is 11.6 Å². The topological polar surface area (TPSA) is 146 Å². The molecule has 9 nitrogen and oxygen atoms in total. The van der Waals surface area contributed by atoms with Crippen LogP contribution in [0.25, 0.3) is 0 Å². The summed E-state index contributed by atoms with van der Waals surface area (Å²) in [6.07, 6.45) is 2.88. The molecule has 10 heteroatoms. The first-order chi connectivity index (χ1) is 13.5. The number of para-hydroxylation sites is 1. The number of halogens is 1. The number of nitrogens with zero attached hydrogens (tertiary/aromatic N) is 2. The molecule has 1 aromatic carbocycles. The standard InChI is InChI=1S/C19H27N5O4.ClH/c1-2-14-17(18(20)23-19(21)22-14)28-12-6-5-11-27-15-8-4-3-7-13(15)9-10-16(25)24-26;/h3-4,7-8,26H,2,5-6,9-12H2,1H3,(H,24,25)(H4,20,21,22,23);1H. The number of carbonyl (C=O) groups excluding carboxylic acids is 1. The molecule has 0 spiro atoms. The van der Waals surface area contributed by atoms with Gasteiger partial charge in [0.1, 0.15) is 5.75 Å². The molecule has 1 amide bonds. The number of nitrogen functional groups attached to an aromatic ring is 2. The SMILES string of the molecule is CCc1nc(N)nc(N)c1OCCCCOc1ccccc1CCC(=O)NO.Cl. The van der Waals surface area contributed by atoms with Crippen LogP contribution in [0.3, 0.4) is 0 Å². The highest BCUT2D eigenvalue weighted by molar-refractivity contribution is 5.85. The molecule has 1 aromatic heterocycles. The van der Waals surface area contributed by atoms with Crippen LogP contribution in [-0.2, 0) is 17.6 Å². The number of aryl methyl sites for hydroxylation is 2. The van der Waals surface area contributed by atoms with Crippen molar-refractivity contribution in [3.8, 4) is 11.5 Å². The van der Waals surface area contributed by atoms with E-state index in [1.165, 1.54) is 0 Å². The predicted octanol–water partition coefficient (Wildman–Crippen LogP) is 2.30. The molecule has 0 bridgehead atoms. The van der Waals surface area contributed by atoms with E-state index in [4.69, 9.17) is 26.1 Å². The van der Waals surface area contributed by atoms with Gasteiger partial charge in [-0.05, 0) is 37.3 Å². The van der Waals surface area contributed by atoms with E-state index in [9.17, 15) is 4.79 Å². The minimum atomic E-state index is -0.427. The summed E-state index contributed by atoms with van der Waals surface area (Å²) >= 11 is 0. The molecule has 0 atom stereocenters. The van der Waals surface area contributed by atoms with Crippen LogP contribution >= 0.6 is 12.4 Å². The third-order valence-electron chi connectivity index (χ3n) is 4.08. The van der Waals surface area contributed by atoms with Gasteiger partial charge in [-0.2, -0.15) is 4.98 Å². The number of amides is 1. The van der Waals surface area contributed by atoms with Crippen molar-refractivity contribution in [2.24, 2.45) is 0 Å². The van der Waals surface area contributed by atoms with Crippen LogP contribution in [0.15, 0.2) is 24.3 Å². The highest BCUT2D eigenvalue weighted by Gasteiger charge is 2.11. The van der Waals surface area contributed by atoms with Gasteiger partial charge >= 0.3 is 0 Å². The van der Waals surface area contributed by atoms with Crippen LogP contribution in [0, 0.1) is 0 Å². The fourth-order valence-corrected chi connectivity index (χ4v) is 2.65. The Labute approximate surface area is 176 Å². The number of ether oxygens (including phenoxy) is 2. The van der Waals surface area contributed by atoms with Crippen LogP contribution in [-0.4, -0.2) is 34.3 Å². The molecule has 6 N–H and O–H groups in total. The largest absolute Gasteiger partial charge is 0.493 e. The van der Waals surface area contributed by atoms with E-state index in [1.807, 2.05) is 31.2 Å².